The van der Waals surface area contributed by atoms with E-state index in [1.54, 1.807) is 12.1 Å². The van der Waals surface area contributed by atoms with Crippen LogP contribution in [0.2, 0.25) is 0 Å². The molecule has 25 heavy (non-hydrogen) atoms. The van der Waals surface area contributed by atoms with Gasteiger partial charge in [-0.15, -0.1) is 0 Å². The summed E-state index contributed by atoms with van der Waals surface area (Å²) in [5.41, 5.74) is 0.913. The van der Waals surface area contributed by atoms with Gasteiger partial charge < -0.3 is 10.2 Å². The van der Waals surface area contributed by atoms with Gasteiger partial charge in [0.25, 0.3) is 0 Å². The quantitative estimate of drug-likeness (QED) is 0.910. The summed E-state index contributed by atoms with van der Waals surface area (Å²) in [6, 6.07) is 6.54. The second kappa shape index (κ2) is 8.77. The Morgan fingerprint density at radius 2 is 1.84 bits per heavy atom. The maximum absolute atomic E-state index is 13.5. The highest BCUT2D eigenvalue weighted by Crippen LogP contribution is 2.28. The van der Waals surface area contributed by atoms with Crippen LogP contribution in [0.25, 0.3) is 0 Å². The molecule has 2 fully saturated rings. The van der Waals surface area contributed by atoms with Crippen LogP contribution < -0.4 is 5.32 Å². The van der Waals surface area contributed by atoms with Crippen LogP contribution in [-0.4, -0.2) is 54.5 Å². The van der Waals surface area contributed by atoms with Gasteiger partial charge in [0.2, 0.25) is 5.91 Å². The zero-order valence-electron chi connectivity index (χ0n) is 15.2. The maximum atomic E-state index is 13.5. The molecule has 3 rings (SSSR count). The molecule has 2 saturated heterocycles. The lowest BCUT2D eigenvalue weighted by Crippen LogP contribution is -2.55. The van der Waals surface area contributed by atoms with Crippen molar-refractivity contribution in [3.05, 3.63) is 35.6 Å². The number of hydrogen-bond donors (Lipinski definition) is 1. The minimum Gasteiger partial charge on any atom is -0.341 e. The molecule has 4 nitrogen and oxygen atoms in total. The standard InChI is InChI=1S/C20H30FN3O/c1-2-18-15-22-11-14-24(18)19(16-7-9-17(21)10-8-16)20(25)23-12-5-3-4-6-13-23/h7-10,18-19,22H,2-6,11-15H2,1H3. The molecule has 138 valence electrons. The van der Waals surface area contributed by atoms with Crippen molar-refractivity contribution in [1.82, 2.24) is 15.1 Å². The lowest BCUT2D eigenvalue weighted by molar-refractivity contribution is -0.138. The predicted octanol–water partition coefficient (Wildman–Crippen LogP) is 2.95. The summed E-state index contributed by atoms with van der Waals surface area (Å²) in [5, 5.41) is 3.43. The summed E-state index contributed by atoms with van der Waals surface area (Å²) in [4.78, 5) is 17.8. The van der Waals surface area contributed by atoms with Crippen LogP contribution in [0.4, 0.5) is 4.39 Å². The molecule has 0 radical (unpaired) electrons. The molecule has 2 heterocycles. The minimum atomic E-state index is -0.300. The van der Waals surface area contributed by atoms with E-state index in [0.29, 0.717) is 6.04 Å². The highest BCUT2D eigenvalue weighted by Gasteiger charge is 2.36. The second-order valence-corrected chi connectivity index (χ2v) is 7.20. The molecule has 1 N–H and O–H groups in total. The molecule has 1 aromatic carbocycles. The molecular formula is C20H30FN3O. The third-order valence-corrected chi connectivity index (χ3v) is 5.54. The molecule has 2 aliphatic rings. The Morgan fingerprint density at radius 1 is 1.16 bits per heavy atom. The van der Waals surface area contributed by atoms with Crippen molar-refractivity contribution in [3.8, 4) is 0 Å². The molecular weight excluding hydrogens is 317 g/mol. The van der Waals surface area contributed by atoms with Gasteiger partial charge in [0.05, 0.1) is 0 Å². The van der Waals surface area contributed by atoms with E-state index in [9.17, 15) is 9.18 Å². The Bertz CT molecular complexity index is 555. The van der Waals surface area contributed by atoms with Gasteiger partial charge in [0.15, 0.2) is 0 Å². The topological polar surface area (TPSA) is 35.6 Å². The first kappa shape index (κ1) is 18.3. The number of piperazine rings is 1. The van der Waals surface area contributed by atoms with Crippen molar-refractivity contribution in [3.63, 3.8) is 0 Å². The molecule has 0 aliphatic carbocycles. The third kappa shape index (κ3) is 4.39. The number of carbonyl (C=O) groups is 1. The average Bonchev–Trinajstić information content (AvgIpc) is 2.93. The van der Waals surface area contributed by atoms with Crippen molar-refractivity contribution in [2.75, 3.05) is 32.7 Å². The normalized spacial score (nSPS) is 23.9. The second-order valence-electron chi connectivity index (χ2n) is 7.20. The SMILES string of the molecule is CCC1CNCCN1C(C(=O)N1CCCCCC1)c1ccc(F)cc1. The van der Waals surface area contributed by atoms with Gasteiger partial charge in [0, 0.05) is 38.8 Å². The van der Waals surface area contributed by atoms with Crippen molar-refractivity contribution >= 4 is 5.91 Å². The number of hydrogen-bond acceptors (Lipinski definition) is 3. The first-order chi connectivity index (χ1) is 12.2. The van der Waals surface area contributed by atoms with Crippen LogP contribution in [0.15, 0.2) is 24.3 Å². The van der Waals surface area contributed by atoms with E-state index in [4.69, 9.17) is 0 Å². The lowest BCUT2D eigenvalue weighted by Gasteiger charge is -2.42. The van der Waals surface area contributed by atoms with Crippen LogP contribution in [0.1, 0.15) is 50.6 Å². The average molecular weight is 347 g/mol. The molecule has 5 heteroatoms. The predicted molar refractivity (Wildman–Crippen MR) is 97.8 cm³/mol. The van der Waals surface area contributed by atoms with Crippen molar-refractivity contribution in [2.24, 2.45) is 0 Å². The van der Waals surface area contributed by atoms with E-state index in [1.165, 1.54) is 25.0 Å². The fraction of sp³-hybridized carbons (Fsp3) is 0.650. The summed E-state index contributed by atoms with van der Waals surface area (Å²) in [6.45, 7) is 6.50. The summed E-state index contributed by atoms with van der Waals surface area (Å²) < 4.78 is 13.4. The monoisotopic (exact) mass is 347 g/mol. The number of amides is 1. The van der Waals surface area contributed by atoms with Crippen LogP contribution in [-0.2, 0) is 4.79 Å². The minimum absolute atomic E-state index is 0.189. The van der Waals surface area contributed by atoms with Gasteiger partial charge in [-0.2, -0.15) is 0 Å². The fourth-order valence-corrected chi connectivity index (χ4v) is 4.08. The zero-order chi connectivity index (χ0) is 17.6. The number of rotatable bonds is 4. The van der Waals surface area contributed by atoms with E-state index in [1.807, 2.05) is 4.90 Å². The van der Waals surface area contributed by atoms with Gasteiger partial charge in [-0.1, -0.05) is 31.9 Å². The number of benzene rings is 1. The number of carbonyl (C=O) groups excluding carboxylic acids is 1. The van der Waals surface area contributed by atoms with Crippen molar-refractivity contribution in [2.45, 2.75) is 51.1 Å². The number of nitrogens with zero attached hydrogens (tertiary/aromatic N) is 2. The lowest BCUT2D eigenvalue weighted by atomic mass is 9.99. The van der Waals surface area contributed by atoms with Gasteiger partial charge in [-0.3, -0.25) is 9.69 Å². The Balaban J connectivity index is 1.89. The first-order valence-electron chi connectivity index (χ1n) is 9.71. The summed E-state index contributed by atoms with van der Waals surface area (Å²) >= 11 is 0. The van der Waals surface area contributed by atoms with Crippen LogP contribution >= 0.6 is 0 Å². The van der Waals surface area contributed by atoms with E-state index < -0.39 is 0 Å². The maximum Gasteiger partial charge on any atom is 0.244 e. The molecule has 0 aromatic heterocycles. The molecule has 0 saturated carbocycles. The number of likely N-dealkylation sites (tertiary alicyclic amines) is 1. The van der Waals surface area contributed by atoms with Gasteiger partial charge in [-0.25, -0.2) is 4.39 Å². The van der Waals surface area contributed by atoms with E-state index >= 15 is 0 Å². The molecule has 0 bridgehead atoms. The van der Waals surface area contributed by atoms with Gasteiger partial charge in [-0.05, 0) is 37.0 Å². The Hall–Kier alpha value is -1.46. The van der Waals surface area contributed by atoms with Crippen molar-refractivity contribution < 1.29 is 9.18 Å². The highest BCUT2D eigenvalue weighted by molar-refractivity contribution is 5.83. The Labute approximate surface area is 150 Å². The van der Waals surface area contributed by atoms with Gasteiger partial charge >= 0.3 is 0 Å². The molecule has 2 aliphatic heterocycles. The third-order valence-electron chi connectivity index (χ3n) is 5.54. The number of halogens is 1. The smallest absolute Gasteiger partial charge is 0.244 e. The summed E-state index contributed by atoms with van der Waals surface area (Å²) in [7, 11) is 0. The van der Waals surface area contributed by atoms with Crippen LogP contribution in [0.3, 0.4) is 0 Å². The molecule has 0 spiro atoms. The van der Waals surface area contributed by atoms with Crippen LogP contribution in [0, 0.1) is 5.82 Å². The first-order valence-corrected chi connectivity index (χ1v) is 9.71. The summed E-state index contributed by atoms with van der Waals surface area (Å²) in [6.07, 6.45) is 5.58. The molecule has 2 unspecified atom stereocenters. The van der Waals surface area contributed by atoms with Gasteiger partial charge in [0.1, 0.15) is 11.9 Å². The fourth-order valence-electron chi connectivity index (χ4n) is 4.08. The molecule has 1 aromatic rings. The van der Waals surface area contributed by atoms with Crippen LogP contribution in [0.5, 0.6) is 0 Å². The number of nitrogens with one attached hydrogen (secondary N) is 1. The highest BCUT2D eigenvalue weighted by atomic mass is 19.1. The van der Waals surface area contributed by atoms with E-state index in [2.05, 4.69) is 17.1 Å². The molecule has 1 amide bonds. The van der Waals surface area contributed by atoms with Crippen molar-refractivity contribution in [1.29, 1.82) is 0 Å². The zero-order valence-corrected chi connectivity index (χ0v) is 15.2. The van der Waals surface area contributed by atoms with E-state index in [0.717, 1.165) is 57.5 Å². The molecule has 2 atom stereocenters. The summed E-state index contributed by atoms with van der Waals surface area (Å²) in [5.74, 6) is -0.0640. The van der Waals surface area contributed by atoms with E-state index in [-0.39, 0.29) is 17.8 Å². The Morgan fingerprint density at radius 3 is 2.48 bits per heavy atom. The largest absolute Gasteiger partial charge is 0.341 e. The Kier molecular flexibility index (Phi) is 6.43.